The van der Waals surface area contributed by atoms with Gasteiger partial charge in [-0.05, 0) is 37.3 Å². The highest BCUT2D eigenvalue weighted by molar-refractivity contribution is 7.99. The third kappa shape index (κ3) is 3.03. The van der Waals surface area contributed by atoms with E-state index >= 15 is 0 Å². The summed E-state index contributed by atoms with van der Waals surface area (Å²) in [5, 5.41) is 10.5. The van der Waals surface area contributed by atoms with Gasteiger partial charge >= 0.3 is 0 Å². The minimum Gasteiger partial charge on any atom is -0.497 e. The summed E-state index contributed by atoms with van der Waals surface area (Å²) in [7, 11) is 1.65. The van der Waals surface area contributed by atoms with Crippen molar-refractivity contribution in [3.63, 3.8) is 0 Å². The lowest BCUT2D eigenvalue weighted by Gasteiger charge is -2.10. The number of benzene rings is 1. The Morgan fingerprint density at radius 1 is 1.22 bits per heavy atom. The average molecular weight is 261 g/mol. The number of aromatic nitrogens is 1. The first kappa shape index (κ1) is 12.9. The zero-order valence-electron chi connectivity index (χ0n) is 10.3. The molecule has 0 saturated heterocycles. The number of hydrogen-bond donors (Lipinski definition) is 1. The molecule has 2 aromatic rings. The van der Waals surface area contributed by atoms with E-state index in [2.05, 4.69) is 4.98 Å². The van der Waals surface area contributed by atoms with Crippen molar-refractivity contribution < 1.29 is 9.84 Å². The molecule has 1 unspecified atom stereocenters. The van der Waals surface area contributed by atoms with E-state index in [0.717, 1.165) is 21.2 Å². The van der Waals surface area contributed by atoms with Gasteiger partial charge in [-0.3, -0.25) is 0 Å². The van der Waals surface area contributed by atoms with Gasteiger partial charge in [0.2, 0.25) is 0 Å². The molecule has 1 aromatic carbocycles. The summed E-state index contributed by atoms with van der Waals surface area (Å²) in [5.74, 6) is 0.830. The largest absolute Gasteiger partial charge is 0.497 e. The fourth-order valence-electron chi connectivity index (χ4n) is 1.56. The van der Waals surface area contributed by atoms with Gasteiger partial charge in [0, 0.05) is 16.7 Å². The van der Waals surface area contributed by atoms with Crippen LogP contribution in [0.25, 0.3) is 0 Å². The first-order valence-corrected chi connectivity index (χ1v) is 6.47. The third-order valence-electron chi connectivity index (χ3n) is 2.52. The van der Waals surface area contributed by atoms with Crippen molar-refractivity contribution in [1.29, 1.82) is 0 Å². The second-order valence-corrected chi connectivity index (χ2v) is 4.91. The van der Waals surface area contributed by atoms with E-state index < -0.39 is 6.10 Å². The molecule has 1 atom stereocenters. The molecule has 1 heterocycles. The molecular weight excluding hydrogens is 246 g/mol. The van der Waals surface area contributed by atoms with Crippen molar-refractivity contribution >= 4 is 11.8 Å². The van der Waals surface area contributed by atoms with Gasteiger partial charge in [-0.2, -0.15) is 0 Å². The van der Waals surface area contributed by atoms with Gasteiger partial charge in [0.25, 0.3) is 0 Å². The number of aliphatic hydroxyl groups is 1. The number of ether oxygens (including phenoxy) is 1. The molecule has 0 radical (unpaired) electrons. The van der Waals surface area contributed by atoms with Gasteiger partial charge in [-0.15, -0.1) is 0 Å². The highest BCUT2D eigenvalue weighted by Gasteiger charge is 2.09. The van der Waals surface area contributed by atoms with Gasteiger partial charge in [0.05, 0.1) is 13.2 Å². The van der Waals surface area contributed by atoms with Crippen molar-refractivity contribution in [3.8, 4) is 5.75 Å². The van der Waals surface area contributed by atoms with E-state index in [0.29, 0.717) is 0 Å². The van der Waals surface area contributed by atoms with E-state index in [1.54, 1.807) is 20.2 Å². The van der Waals surface area contributed by atoms with Crippen LogP contribution in [0, 0.1) is 0 Å². The van der Waals surface area contributed by atoms with Gasteiger partial charge in [-0.25, -0.2) is 4.98 Å². The Bertz CT molecular complexity index is 511. The maximum atomic E-state index is 9.69. The molecule has 94 valence electrons. The zero-order valence-corrected chi connectivity index (χ0v) is 11.1. The molecule has 0 aliphatic heterocycles. The molecule has 0 amide bonds. The van der Waals surface area contributed by atoms with Gasteiger partial charge in [-0.1, -0.05) is 17.8 Å². The lowest BCUT2D eigenvalue weighted by atomic mass is 10.2. The number of rotatable bonds is 4. The van der Waals surface area contributed by atoms with Crippen LogP contribution in [0.15, 0.2) is 52.5 Å². The normalized spacial score (nSPS) is 12.2. The van der Waals surface area contributed by atoms with Crippen LogP contribution < -0.4 is 4.74 Å². The molecule has 2 rings (SSSR count). The molecular formula is C14H15NO2S. The Balaban J connectivity index is 2.22. The fraction of sp³-hybridized carbons (Fsp3) is 0.214. The number of methoxy groups -OCH3 is 1. The Labute approximate surface area is 111 Å². The minimum absolute atomic E-state index is 0.514. The van der Waals surface area contributed by atoms with Crippen molar-refractivity contribution in [2.45, 2.75) is 22.9 Å². The molecule has 3 nitrogen and oxygen atoms in total. The van der Waals surface area contributed by atoms with Crippen LogP contribution in [0.1, 0.15) is 18.6 Å². The quantitative estimate of drug-likeness (QED) is 0.917. The topological polar surface area (TPSA) is 42.4 Å². The fourth-order valence-corrected chi connectivity index (χ4v) is 2.53. The molecule has 0 spiro atoms. The predicted octanol–water partition coefficient (Wildman–Crippen LogP) is 3.29. The smallest absolute Gasteiger partial charge is 0.118 e. The van der Waals surface area contributed by atoms with E-state index in [1.165, 1.54) is 11.8 Å². The lowest BCUT2D eigenvalue weighted by Crippen LogP contribution is -1.95. The number of nitrogens with zero attached hydrogens (tertiary/aromatic N) is 1. The maximum absolute atomic E-state index is 9.69. The van der Waals surface area contributed by atoms with Crippen LogP contribution in [-0.2, 0) is 0 Å². The lowest BCUT2D eigenvalue weighted by molar-refractivity contribution is 0.195. The zero-order chi connectivity index (χ0) is 13.0. The second kappa shape index (κ2) is 5.89. The first-order chi connectivity index (χ1) is 8.70. The van der Waals surface area contributed by atoms with Crippen molar-refractivity contribution in [3.05, 3.63) is 48.2 Å². The van der Waals surface area contributed by atoms with Crippen molar-refractivity contribution in [2.75, 3.05) is 7.11 Å². The van der Waals surface area contributed by atoms with E-state index in [9.17, 15) is 5.11 Å². The number of aliphatic hydroxyl groups excluding tert-OH is 1. The SMILES string of the molecule is COc1ccc(Sc2ncccc2C(C)O)cc1. The molecule has 0 saturated carbocycles. The number of pyridine rings is 1. The van der Waals surface area contributed by atoms with Crippen LogP contribution in [0.5, 0.6) is 5.75 Å². The van der Waals surface area contributed by atoms with Gasteiger partial charge < -0.3 is 9.84 Å². The Hall–Kier alpha value is -1.52. The Morgan fingerprint density at radius 3 is 2.56 bits per heavy atom. The first-order valence-electron chi connectivity index (χ1n) is 5.65. The van der Waals surface area contributed by atoms with E-state index in [4.69, 9.17) is 4.74 Å². The molecule has 0 aliphatic rings. The van der Waals surface area contributed by atoms with Crippen molar-refractivity contribution in [2.24, 2.45) is 0 Å². The highest BCUT2D eigenvalue weighted by atomic mass is 32.2. The Kier molecular flexibility index (Phi) is 4.23. The average Bonchev–Trinajstić information content (AvgIpc) is 2.40. The van der Waals surface area contributed by atoms with E-state index in [1.807, 2.05) is 36.4 Å². The van der Waals surface area contributed by atoms with Crippen LogP contribution in [0.4, 0.5) is 0 Å². The monoisotopic (exact) mass is 261 g/mol. The molecule has 0 bridgehead atoms. The summed E-state index contributed by atoms with van der Waals surface area (Å²) >= 11 is 1.54. The molecule has 18 heavy (non-hydrogen) atoms. The molecule has 1 aromatic heterocycles. The van der Waals surface area contributed by atoms with Gasteiger partial charge in [0.1, 0.15) is 10.8 Å². The summed E-state index contributed by atoms with van der Waals surface area (Å²) in [6, 6.07) is 11.5. The summed E-state index contributed by atoms with van der Waals surface area (Å²) in [6.07, 6.45) is 1.22. The van der Waals surface area contributed by atoms with Gasteiger partial charge in [0.15, 0.2) is 0 Å². The standard InChI is InChI=1S/C14H15NO2S/c1-10(16)13-4-3-9-15-14(13)18-12-7-5-11(17-2)6-8-12/h3-10,16H,1-2H3. The molecule has 0 aliphatic carbocycles. The minimum atomic E-state index is -0.514. The molecule has 0 fully saturated rings. The second-order valence-electron chi connectivity index (χ2n) is 3.85. The van der Waals surface area contributed by atoms with Crippen LogP contribution in [-0.4, -0.2) is 17.2 Å². The van der Waals surface area contributed by atoms with Crippen LogP contribution in [0.2, 0.25) is 0 Å². The summed E-state index contributed by atoms with van der Waals surface area (Å²) < 4.78 is 5.12. The summed E-state index contributed by atoms with van der Waals surface area (Å²) in [4.78, 5) is 5.38. The molecule has 4 heteroatoms. The summed E-state index contributed by atoms with van der Waals surface area (Å²) in [5.41, 5.74) is 0.846. The van der Waals surface area contributed by atoms with Crippen LogP contribution in [0.3, 0.4) is 0 Å². The van der Waals surface area contributed by atoms with Crippen molar-refractivity contribution in [1.82, 2.24) is 4.98 Å². The highest BCUT2D eigenvalue weighted by Crippen LogP contribution is 2.32. The van der Waals surface area contributed by atoms with E-state index in [-0.39, 0.29) is 0 Å². The third-order valence-corrected chi connectivity index (χ3v) is 3.57. The number of hydrogen-bond acceptors (Lipinski definition) is 4. The Morgan fingerprint density at radius 2 is 1.94 bits per heavy atom. The molecule has 1 N–H and O–H groups in total. The maximum Gasteiger partial charge on any atom is 0.118 e. The van der Waals surface area contributed by atoms with Crippen LogP contribution >= 0.6 is 11.8 Å². The predicted molar refractivity (Wildman–Crippen MR) is 72.0 cm³/mol. The summed E-state index contributed by atoms with van der Waals surface area (Å²) in [6.45, 7) is 1.75.